The Bertz CT molecular complexity index is 1940. The molecule has 3 fully saturated rings. The van der Waals surface area contributed by atoms with Crippen LogP contribution in [0.25, 0.3) is 32.9 Å². The second-order valence-corrected chi connectivity index (χ2v) is 14.0. The lowest BCUT2D eigenvalue weighted by molar-refractivity contribution is 0.0442. The smallest absolute Gasteiger partial charge is 0.409 e. The van der Waals surface area contributed by atoms with Crippen LogP contribution in [0.4, 0.5) is 23.8 Å². The molecule has 14 heteroatoms. The zero-order valence-corrected chi connectivity index (χ0v) is 27.7. The van der Waals surface area contributed by atoms with E-state index in [1.54, 1.807) is 21.0 Å². The summed E-state index contributed by atoms with van der Waals surface area (Å²) in [6, 6.07) is 4.60. The van der Waals surface area contributed by atoms with Gasteiger partial charge in [-0.15, -0.1) is 0 Å². The van der Waals surface area contributed by atoms with Crippen LogP contribution in [-0.2, 0) is 4.74 Å². The molecule has 2 N–H and O–H groups in total. The number of benzene rings is 2. The third-order valence-electron chi connectivity index (χ3n) is 10.1. The molecule has 0 bridgehead atoms. The van der Waals surface area contributed by atoms with Crippen LogP contribution in [0.15, 0.2) is 30.5 Å². The highest BCUT2D eigenvalue weighted by atomic mass is 19.2. The first-order chi connectivity index (χ1) is 23.4. The van der Waals surface area contributed by atoms with E-state index in [4.69, 9.17) is 14.5 Å². The Morgan fingerprint density at radius 3 is 2.65 bits per heavy atom. The molecule has 4 aromatic rings. The SMILES string of the molecule is CN(C)C(=O)OC[C@@H]1CC[C@@]2(COc3nc(N4CCC[C@@](C)(O)C4)c4cnc(-c5cc(O)cc6ccc(F)c(F)c56)c(F)c4n3)CCCN12. The van der Waals surface area contributed by atoms with Crippen molar-refractivity contribution in [1.82, 2.24) is 24.8 Å². The van der Waals surface area contributed by atoms with Gasteiger partial charge in [-0.2, -0.15) is 9.97 Å². The summed E-state index contributed by atoms with van der Waals surface area (Å²) in [5, 5.41) is 21.5. The quantitative estimate of drug-likeness (QED) is 0.263. The minimum atomic E-state index is -1.19. The summed E-state index contributed by atoms with van der Waals surface area (Å²) in [6.45, 7) is 3.80. The van der Waals surface area contributed by atoms with E-state index in [0.717, 1.165) is 44.4 Å². The molecule has 0 aliphatic carbocycles. The molecule has 11 nitrogen and oxygen atoms in total. The lowest BCUT2D eigenvalue weighted by Gasteiger charge is -2.38. The number of ether oxygens (including phenoxy) is 2. The van der Waals surface area contributed by atoms with E-state index in [1.165, 1.54) is 23.2 Å². The molecule has 0 radical (unpaired) electrons. The van der Waals surface area contributed by atoms with Crippen LogP contribution >= 0.6 is 0 Å². The number of hydrogen-bond donors (Lipinski definition) is 2. The standard InChI is InChI=1S/C35H39F3N6O5/c1-34(47)9-4-12-43(18-34)31-24-16-39-29(23-15-22(45)14-20-6-7-25(36)27(37)26(20)23)28(38)30(24)40-32(41-31)49-19-35-10-5-13-44(35)21(8-11-35)17-48-33(46)42(2)3/h6-7,14-16,21,45,47H,4-5,8-13,17-19H2,1-3H3/t21-,34+,35+/m0/s1. The molecule has 3 saturated heterocycles. The number of aliphatic hydroxyl groups is 1. The van der Waals surface area contributed by atoms with Crippen molar-refractivity contribution < 1.29 is 37.7 Å². The Kier molecular flexibility index (Phi) is 8.42. The van der Waals surface area contributed by atoms with Crippen molar-refractivity contribution in [3.8, 4) is 23.0 Å². The molecule has 3 aliphatic heterocycles. The van der Waals surface area contributed by atoms with Gasteiger partial charge < -0.3 is 29.5 Å². The number of carbonyl (C=O) groups excluding carboxylic acids is 1. The van der Waals surface area contributed by atoms with Gasteiger partial charge in [-0.25, -0.2) is 18.0 Å². The molecule has 5 heterocycles. The number of pyridine rings is 1. The van der Waals surface area contributed by atoms with E-state index in [-0.39, 0.29) is 76.0 Å². The van der Waals surface area contributed by atoms with Crippen LogP contribution in [0.3, 0.4) is 0 Å². The lowest BCUT2D eigenvalue weighted by atomic mass is 9.95. The van der Waals surface area contributed by atoms with Gasteiger partial charge in [-0.3, -0.25) is 9.88 Å². The number of nitrogens with zero attached hydrogens (tertiary/aromatic N) is 6. The van der Waals surface area contributed by atoms with Gasteiger partial charge in [0.1, 0.15) is 36.0 Å². The molecule has 3 atom stereocenters. The molecule has 0 spiro atoms. The van der Waals surface area contributed by atoms with Crippen molar-refractivity contribution in [3.05, 3.63) is 47.9 Å². The maximum Gasteiger partial charge on any atom is 0.409 e. The number of fused-ring (bicyclic) bond motifs is 3. The molecule has 0 unspecified atom stereocenters. The number of hydrogen-bond acceptors (Lipinski definition) is 10. The van der Waals surface area contributed by atoms with E-state index in [0.29, 0.717) is 25.2 Å². The zero-order chi connectivity index (χ0) is 34.7. The molecule has 2 aromatic heterocycles. The number of β-amino-alcohol motifs (C(OH)–C–C–N with tert-alkyl or cyclic N) is 1. The van der Waals surface area contributed by atoms with Crippen molar-refractivity contribution in [2.75, 3.05) is 51.8 Å². The minimum absolute atomic E-state index is 0.0343. The number of phenolic OH excluding ortho intramolecular Hbond substituents is 1. The average Bonchev–Trinajstić information content (AvgIpc) is 3.63. The predicted octanol–water partition coefficient (Wildman–Crippen LogP) is 5.39. The number of phenols is 1. The first-order valence-electron chi connectivity index (χ1n) is 16.5. The predicted molar refractivity (Wildman–Crippen MR) is 176 cm³/mol. The zero-order valence-electron chi connectivity index (χ0n) is 27.7. The second kappa shape index (κ2) is 12.5. The summed E-state index contributed by atoms with van der Waals surface area (Å²) < 4.78 is 58.1. The van der Waals surface area contributed by atoms with Gasteiger partial charge in [-0.1, -0.05) is 6.07 Å². The maximum absolute atomic E-state index is 16.7. The Hall–Kier alpha value is -4.43. The van der Waals surface area contributed by atoms with E-state index >= 15 is 8.78 Å². The van der Waals surface area contributed by atoms with Crippen molar-refractivity contribution in [3.63, 3.8) is 0 Å². The molecule has 2 aromatic carbocycles. The summed E-state index contributed by atoms with van der Waals surface area (Å²) >= 11 is 0. The molecular weight excluding hydrogens is 641 g/mol. The summed E-state index contributed by atoms with van der Waals surface area (Å²) in [5.74, 6) is -3.18. The minimum Gasteiger partial charge on any atom is -0.508 e. The molecular formula is C35H39F3N6O5. The number of anilines is 1. The maximum atomic E-state index is 16.7. The molecule has 3 aliphatic rings. The largest absolute Gasteiger partial charge is 0.508 e. The topological polar surface area (TPSA) is 124 Å². The average molecular weight is 681 g/mol. The fourth-order valence-electron chi connectivity index (χ4n) is 7.77. The van der Waals surface area contributed by atoms with Crippen molar-refractivity contribution in [2.24, 2.45) is 0 Å². The molecule has 49 heavy (non-hydrogen) atoms. The van der Waals surface area contributed by atoms with Gasteiger partial charge in [0.15, 0.2) is 17.5 Å². The third-order valence-corrected chi connectivity index (χ3v) is 10.1. The van der Waals surface area contributed by atoms with Crippen LogP contribution in [0, 0.1) is 17.5 Å². The summed E-state index contributed by atoms with van der Waals surface area (Å²) in [6.07, 6.45) is 5.64. The molecule has 260 valence electrons. The van der Waals surface area contributed by atoms with Crippen molar-refractivity contribution in [2.45, 2.75) is 62.6 Å². The van der Waals surface area contributed by atoms with Crippen molar-refractivity contribution in [1.29, 1.82) is 0 Å². The van der Waals surface area contributed by atoms with Gasteiger partial charge in [0.2, 0.25) is 0 Å². The highest BCUT2D eigenvalue weighted by Crippen LogP contribution is 2.43. The lowest BCUT2D eigenvalue weighted by Crippen LogP contribution is -2.48. The Morgan fingerprint density at radius 2 is 1.88 bits per heavy atom. The monoisotopic (exact) mass is 680 g/mol. The Balaban J connectivity index is 1.28. The van der Waals surface area contributed by atoms with E-state index < -0.39 is 29.1 Å². The first kappa shape index (κ1) is 33.1. The van der Waals surface area contributed by atoms with E-state index in [9.17, 15) is 19.4 Å². The summed E-state index contributed by atoms with van der Waals surface area (Å²) in [4.78, 5) is 31.2. The van der Waals surface area contributed by atoms with Crippen LogP contribution in [-0.4, -0.2) is 105 Å². The van der Waals surface area contributed by atoms with Gasteiger partial charge in [0.05, 0.1) is 16.5 Å². The van der Waals surface area contributed by atoms with Gasteiger partial charge in [-0.05, 0) is 75.6 Å². The highest BCUT2D eigenvalue weighted by molar-refractivity contribution is 6.00. The Morgan fingerprint density at radius 1 is 1.08 bits per heavy atom. The Labute approximate surface area is 281 Å². The molecule has 1 amide bonds. The van der Waals surface area contributed by atoms with Crippen LogP contribution < -0.4 is 9.64 Å². The summed E-state index contributed by atoms with van der Waals surface area (Å²) in [7, 11) is 3.28. The van der Waals surface area contributed by atoms with Crippen LogP contribution in [0.1, 0.15) is 45.4 Å². The number of rotatable bonds is 7. The fourth-order valence-corrected chi connectivity index (χ4v) is 7.77. The molecule has 7 rings (SSSR count). The fraction of sp³-hybridized carbons (Fsp3) is 0.486. The number of halogens is 3. The van der Waals surface area contributed by atoms with E-state index in [2.05, 4.69) is 14.9 Å². The molecule has 0 saturated carbocycles. The normalized spacial score (nSPS) is 24.1. The number of aromatic hydroxyl groups is 1. The number of piperidine rings is 1. The van der Waals surface area contributed by atoms with Crippen LogP contribution in [0.5, 0.6) is 11.8 Å². The number of amides is 1. The number of aromatic nitrogens is 3. The van der Waals surface area contributed by atoms with Gasteiger partial charge in [0, 0.05) is 50.4 Å². The second-order valence-electron chi connectivity index (χ2n) is 14.0. The number of carbonyl (C=O) groups is 1. The van der Waals surface area contributed by atoms with E-state index in [1.807, 2.05) is 4.90 Å². The van der Waals surface area contributed by atoms with Gasteiger partial charge >= 0.3 is 12.1 Å². The first-order valence-corrected chi connectivity index (χ1v) is 16.5. The third kappa shape index (κ3) is 6.05. The van der Waals surface area contributed by atoms with Crippen LogP contribution in [0.2, 0.25) is 0 Å². The summed E-state index contributed by atoms with van der Waals surface area (Å²) in [5.41, 5.74) is -1.97. The van der Waals surface area contributed by atoms with Gasteiger partial charge in [0.25, 0.3) is 0 Å². The highest BCUT2D eigenvalue weighted by Gasteiger charge is 2.50. The van der Waals surface area contributed by atoms with Crippen molar-refractivity contribution >= 4 is 33.6 Å².